The predicted octanol–water partition coefficient (Wildman–Crippen LogP) is 1.39. The summed E-state index contributed by atoms with van der Waals surface area (Å²) >= 11 is 1.54. The molecule has 1 saturated heterocycles. The highest BCUT2D eigenvalue weighted by Gasteiger charge is 2.36. The summed E-state index contributed by atoms with van der Waals surface area (Å²) in [5, 5.41) is 10.1. The molecule has 2 rings (SSSR count). The van der Waals surface area contributed by atoms with Crippen LogP contribution in [0.15, 0.2) is 0 Å². The molecule has 0 aromatic carbocycles. The lowest BCUT2D eigenvalue weighted by molar-refractivity contribution is -0.139. The predicted molar refractivity (Wildman–Crippen MR) is 81.4 cm³/mol. The van der Waals surface area contributed by atoms with Crippen LogP contribution in [0.1, 0.15) is 35.0 Å². The van der Waals surface area contributed by atoms with Crippen LogP contribution in [-0.2, 0) is 14.6 Å². The quantitative estimate of drug-likeness (QED) is 0.877. The Bertz CT molecular complexity index is 639. The van der Waals surface area contributed by atoms with E-state index in [1.54, 1.807) is 16.2 Å². The molecule has 6 nitrogen and oxygen atoms in total. The number of nitrogens with zero attached hydrogens (tertiary/aromatic N) is 2. The van der Waals surface area contributed by atoms with Gasteiger partial charge in [0.2, 0.25) is 0 Å². The van der Waals surface area contributed by atoms with E-state index in [0.29, 0.717) is 6.42 Å². The minimum absolute atomic E-state index is 0.0431. The van der Waals surface area contributed by atoms with E-state index < -0.39 is 15.8 Å². The number of aromatic nitrogens is 1. The number of thiazole rings is 1. The topological polar surface area (TPSA) is 87.6 Å². The Balaban J connectivity index is 2.27. The molecule has 1 fully saturated rings. The average molecular weight is 332 g/mol. The highest BCUT2D eigenvalue weighted by atomic mass is 32.2. The Hall–Kier alpha value is -0.990. The molecular formula is C13H20N2O4S2. The van der Waals surface area contributed by atoms with Crippen LogP contribution in [0.3, 0.4) is 0 Å². The number of sulfone groups is 1. The van der Waals surface area contributed by atoms with Crippen molar-refractivity contribution in [3.63, 3.8) is 0 Å². The van der Waals surface area contributed by atoms with Gasteiger partial charge in [-0.15, -0.1) is 11.3 Å². The maximum Gasteiger partial charge on any atom is 0.317 e. The first-order chi connectivity index (χ1) is 9.69. The molecule has 1 aliphatic rings. The van der Waals surface area contributed by atoms with Crippen LogP contribution in [0.4, 0.5) is 0 Å². The van der Waals surface area contributed by atoms with E-state index in [4.69, 9.17) is 5.11 Å². The maximum absolute atomic E-state index is 11.7. The average Bonchev–Trinajstić information content (AvgIpc) is 2.87. The number of hydrogen-bond acceptors (Lipinski definition) is 6. The fourth-order valence-electron chi connectivity index (χ4n) is 2.86. The number of rotatable bonds is 5. The number of carbonyl (C=O) groups is 1. The number of hydrogen-bond donors (Lipinski definition) is 1. The van der Waals surface area contributed by atoms with Gasteiger partial charge in [-0.05, 0) is 27.2 Å². The maximum atomic E-state index is 11.7. The van der Waals surface area contributed by atoms with E-state index in [9.17, 15) is 13.2 Å². The Morgan fingerprint density at radius 2 is 2.19 bits per heavy atom. The summed E-state index contributed by atoms with van der Waals surface area (Å²) < 4.78 is 23.4. The van der Waals surface area contributed by atoms with E-state index in [1.807, 2.05) is 20.8 Å². The second-order valence-corrected chi connectivity index (χ2v) is 8.94. The third-order valence-corrected chi connectivity index (χ3v) is 6.81. The standard InChI is InChI=1S/C13H20N2O4S2/c1-8-13(20-10(3)14-8)9(2)15(6-12(16)17)11-4-5-21(18,19)7-11/h9,11H,4-7H2,1-3H3,(H,16,17). The summed E-state index contributed by atoms with van der Waals surface area (Å²) in [5.74, 6) is -0.757. The van der Waals surface area contributed by atoms with Crippen molar-refractivity contribution >= 4 is 27.1 Å². The van der Waals surface area contributed by atoms with E-state index in [0.717, 1.165) is 15.6 Å². The summed E-state index contributed by atoms with van der Waals surface area (Å²) in [6.45, 7) is 5.58. The van der Waals surface area contributed by atoms with Crippen molar-refractivity contribution in [2.75, 3.05) is 18.1 Å². The molecule has 1 aromatic heterocycles. The molecule has 1 N–H and O–H groups in total. The first-order valence-electron chi connectivity index (χ1n) is 6.81. The lowest BCUT2D eigenvalue weighted by Crippen LogP contribution is -2.41. The fraction of sp³-hybridized carbons (Fsp3) is 0.692. The van der Waals surface area contributed by atoms with Crippen molar-refractivity contribution < 1.29 is 18.3 Å². The Morgan fingerprint density at radius 1 is 1.52 bits per heavy atom. The Labute approximate surface area is 128 Å². The second-order valence-electron chi connectivity index (χ2n) is 5.48. The normalized spacial score (nSPS) is 22.6. The highest BCUT2D eigenvalue weighted by Crippen LogP contribution is 2.32. The van der Waals surface area contributed by atoms with Crippen molar-refractivity contribution in [3.8, 4) is 0 Å². The number of aryl methyl sites for hydroxylation is 2. The molecular weight excluding hydrogens is 312 g/mol. The molecule has 118 valence electrons. The molecule has 1 aromatic rings. The monoisotopic (exact) mass is 332 g/mol. The Kier molecular flexibility index (Phi) is 4.69. The molecule has 2 atom stereocenters. The second kappa shape index (κ2) is 6.02. The number of aliphatic carboxylic acids is 1. The molecule has 0 amide bonds. The van der Waals surface area contributed by atoms with Crippen LogP contribution in [0.5, 0.6) is 0 Å². The van der Waals surface area contributed by atoms with Gasteiger partial charge in [-0.2, -0.15) is 0 Å². The highest BCUT2D eigenvalue weighted by molar-refractivity contribution is 7.91. The minimum Gasteiger partial charge on any atom is -0.480 e. The summed E-state index contributed by atoms with van der Waals surface area (Å²) in [5.41, 5.74) is 0.890. The molecule has 21 heavy (non-hydrogen) atoms. The van der Waals surface area contributed by atoms with Crippen molar-refractivity contribution in [1.29, 1.82) is 0 Å². The third kappa shape index (κ3) is 3.81. The van der Waals surface area contributed by atoms with Crippen LogP contribution in [0, 0.1) is 13.8 Å². The minimum atomic E-state index is -3.04. The molecule has 2 heterocycles. The summed E-state index contributed by atoms with van der Waals surface area (Å²) in [7, 11) is -3.04. The van der Waals surface area contributed by atoms with Crippen molar-refractivity contribution in [2.45, 2.75) is 39.3 Å². The van der Waals surface area contributed by atoms with Crippen LogP contribution in [-0.4, -0.2) is 53.5 Å². The van der Waals surface area contributed by atoms with E-state index in [2.05, 4.69) is 4.98 Å². The van der Waals surface area contributed by atoms with E-state index in [1.165, 1.54) is 0 Å². The summed E-state index contributed by atoms with van der Waals surface area (Å²) in [4.78, 5) is 18.3. The third-order valence-electron chi connectivity index (χ3n) is 3.81. The molecule has 0 bridgehead atoms. The molecule has 0 saturated carbocycles. The summed E-state index contributed by atoms with van der Waals surface area (Å²) in [6.07, 6.45) is 0.497. The van der Waals surface area contributed by atoms with Gasteiger partial charge in [-0.1, -0.05) is 0 Å². The van der Waals surface area contributed by atoms with Crippen LogP contribution in [0.25, 0.3) is 0 Å². The first kappa shape index (κ1) is 16.4. The van der Waals surface area contributed by atoms with E-state index in [-0.39, 0.29) is 30.1 Å². The molecule has 0 aliphatic carbocycles. The zero-order valence-corrected chi connectivity index (χ0v) is 14.0. The van der Waals surface area contributed by atoms with Gasteiger partial charge < -0.3 is 5.11 Å². The van der Waals surface area contributed by atoms with Crippen molar-refractivity contribution in [2.24, 2.45) is 0 Å². The molecule has 0 radical (unpaired) electrons. The largest absolute Gasteiger partial charge is 0.480 e. The number of carboxylic acid groups (broad SMARTS) is 1. The summed E-state index contributed by atoms with van der Waals surface area (Å²) in [6, 6.07) is -0.381. The molecule has 2 unspecified atom stereocenters. The van der Waals surface area contributed by atoms with Gasteiger partial charge in [0.1, 0.15) is 0 Å². The van der Waals surface area contributed by atoms with Gasteiger partial charge in [0.05, 0.1) is 28.8 Å². The van der Waals surface area contributed by atoms with Crippen molar-refractivity contribution in [3.05, 3.63) is 15.6 Å². The van der Waals surface area contributed by atoms with Crippen LogP contribution in [0.2, 0.25) is 0 Å². The van der Waals surface area contributed by atoms with Crippen LogP contribution >= 0.6 is 11.3 Å². The smallest absolute Gasteiger partial charge is 0.317 e. The van der Waals surface area contributed by atoms with E-state index >= 15 is 0 Å². The van der Waals surface area contributed by atoms with Crippen molar-refractivity contribution in [1.82, 2.24) is 9.88 Å². The van der Waals surface area contributed by atoms with Gasteiger partial charge in [0, 0.05) is 17.0 Å². The van der Waals surface area contributed by atoms with Gasteiger partial charge in [0.15, 0.2) is 9.84 Å². The zero-order valence-electron chi connectivity index (χ0n) is 12.4. The lowest BCUT2D eigenvalue weighted by Gasteiger charge is -2.32. The molecule has 0 spiro atoms. The van der Waals surface area contributed by atoms with Gasteiger partial charge >= 0.3 is 5.97 Å². The number of carboxylic acids is 1. The lowest BCUT2D eigenvalue weighted by atomic mass is 10.1. The Morgan fingerprint density at radius 3 is 2.62 bits per heavy atom. The zero-order chi connectivity index (χ0) is 15.8. The fourth-order valence-corrected chi connectivity index (χ4v) is 5.60. The SMILES string of the molecule is Cc1nc(C)c(C(C)N(CC(=O)O)C2CCS(=O)(=O)C2)s1. The van der Waals surface area contributed by atoms with Gasteiger partial charge in [0.25, 0.3) is 0 Å². The first-order valence-corrected chi connectivity index (χ1v) is 9.45. The molecule has 1 aliphatic heterocycles. The molecule has 8 heteroatoms. The van der Waals surface area contributed by atoms with Crippen LogP contribution < -0.4 is 0 Å². The van der Waals surface area contributed by atoms with Gasteiger partial charge in [-0.25, -0.2) is 13.4 Å². The van der Waals surface area contributed by atoms with Gasteiger partial charge in [-0.3, -0.25) is 9.69 Å².